The highest BCUT2D eigenvalue weighted by Gasteiger charge is 2.48. The van der Waals surface area contributed by atoms with Gasteiger partial charge in [-0.25, -0.2) is 0 Å². The Morgan fingerprint density at radius 2 is 1.74 bits per heavy atom. The van der Waals surface area contributed by atoms with Gasteiger partial charge >= 0.3 is 5.91 Å². The van der Waals surface area contributed by atoms with Gasteiger partial charge in [0.15, 0.2) is 15.8 Å². The summed E-state index contributed by atoms with van der Waals surface area (Å²) in [6.07, 6.45) is 1.88. The zero-order valence-electron chi connectivity index (χ0n) is 24.3. The number of aliphatic hydroxyl groups is 1. The van der Waals surface area contributed by atoms with Crippen molar-refractivity contribution in [3.05, 3.63) is 101 Å². The lowest BCUT2D eigenvalue weighted by atomic mass is 9.95. The van der Waals surface area contributed by atoms with Gasteiger partial charge in [0.25, 0.3) is 5.78 Å². The fourth-order valence-corrected chi connectivity index (χ4v) is 6.52. The third kappa shape index (κ3) is 6.76. The summed E-state index contributed by atoms with van der Waals surface area (Å²) in [7, 11) is 0. The molecule has 0 radical (unpaired) electrons. The van der Waals surface area contributed by atoms with E-state index in [1.165, 1.54) is 28.0 Å². The lowest BCUT2D eigenvalue weighted by molar-refractivity contribution is -0.132. The zero-order chi connectivity index (χ0) is 30.3. The fourth-order valence-electron chi connectivity index (χ4n) is 4.70. The molecule has 4 aromatic rings. The van der Waals surface area contributed by atoms with Crippen LogP contribution in [0.4, 0.5) is 5.13 Å². The summed E-state index contributed by atoms with van der Waals surface area (Å²) in [6.45, 7) is 6.84. The molecular formula is C33H33N3O5S2. The molecule has 43 heavy (non-hydrogen) atoms. The lowest BCUT2D eigenvalue weighted by Crippen LogP contribution is -2.29. The summed E-state index contributed by atoms with van der Waals surface area (Å²) < 4.78 is 12.5. The number of ketones is 1. The van der Waals surface area contributed by atoms with Crippen molar-refractivity contribution in [3.8, 4) is 11.5 Å². The number of carbonyl (C=O) groups excluding carboxylic acids is 2. The van der Waals surface area contributed by atoms with Gasteiger partial charge in [-0.3, -0.25) is 14.5 Å². The van der Waals surface area contributed by atoms with E-state index in [4.69, 9.17) is 9.47 Å². The number of Topliss-reactive ketones (excluding diaryl/α,β-unsaturated/α-hetero) is 1. The normalized spacial score (nSPS) is 16.1. The summed E-state index contributed by atoms with van der Waals surface area (Å²) >= 11 is 2.73. The van der Waals surface area contributed by atoms with Crippen molar-refractivity contribution in [1.82, 2.24) is 10.2 Å². The maximum Gasteiger partial charge on any atom is 0.301 e. The molecule has 1 aliphatic rings. The van der Waals surface area contributed by atoms with Crippen molar-refractivity contribution in [2.45, 2.75) is 49.7 Å². The minimum Gasteiger partial charge on any atom is -0.507 e. The van der Waals surface area contributed by atoms with Crippen LogP contribution in [0, 0.1) is 6.92 Å². The van der Waals surface area contributed by atoms with E-state index < -0.39 is 17.7 Å². The molecule has 222 valence electrons. The highest BCUT2D eigenvalue weighted by Crippen LogP contribution is 2.45. The van der Waals surface area contributed by atoms with Crippen LogP contribution in [0.5, 0.6) is 11.5 Å². The van der Waals surface area contributed by atoms with Gasteiger partial charge in [-0.15, -0.1) is 10.2 Å². The van der Waals surface area contributed by atoms with Gasteiger partial charge in [0, 0.05) is 11.3 Å². The average molecular weight is 616 g/mol. The number of carbonyl (C=O) groups is 2. The minimum atomic E-state index is -0.954. The molecule has 1 aliphatic heterocycles. The predicted molar refractivity (Wildman–Crippen MR) is 170 cm³/mol. The predicted octanol–water partition coefficient (Wildman–Crippen LogP) is 7.34. The van der Waals surface area contributed by atoms with E-state index in [-0.39, 0.29) is 16.5 Å². The monoisotopic (exact) mass is 615 g/mol. The van der Waals surface area contributed by atoms with E-state index in [2.05, 4.69) is 17.1 Å². The number of hydrogen-bond acceptors (Lipinski definition) is 9. The molecule has 5 rings (SSSR count). The minimum absolute atomic E-state index is 0.0235. The fraction of sp³-hybridized carbons (Fsp3) is 0.273. The van der Waals surface area contributed by atoms with Crippen LogP contribution in [0.1, 0.15) is 55.0 Å². The standard InChI is InChI=1S/C33H33N3O5S2/c1-4-6-18-41-25-17-16-24(19-26(25)40-5-2)28-27(29(37)23-14-12-21(3)13-15-23)30(38)31(39)36(28)32-34-35-33(43-32)42-20-22-10-8-7-9-11-22/h7-17,19,28,37H,4-6,18,20H2,1-3H3. The molecule has 1 fully saturated rings. The Hall–Kier alpha value is -4.15. The van der Waals surface area contributed by atoms with Crippen LogP contribution in [0.25, 0.3) is 5.76 Å². The number of benzene rings is 3. The van der Waals surface area contributed by atoms with E-state index in [0.717, 1.165) is 24.0 Å². The average Bonchev–Trinajstić information content (AvgIpc) is 3.59. The van der Waals surface area contributed by atoms with E-state index in [1.807, 2.05) is 56.3 Å². The van der Waals surface area contributed by atoms with Crippen molar-refractivity contribution in [2.24, 2.45) is 0 Å². The van der Waals surface area contributed by atoms with Crippen LogP contribution in [-0.4, -0.2) is 40.2 Å². The second-order valence-electron chi connectivity index (χ2n) is 10.0. The molecule has 3 aromatic carbocycles. The van der Waals surface area contributed by atoms with E-state index in [0.29, 0.717) is 45.9 Å². The lowest BCUT2D eigenvalue weighted by Gasteiger charge is -2.23. The molecule has 0 aliphatic carbocycles. The van der Waals surface area contributed by atoms with Gasteiger partial charge in [0.1, 0.15) is 5.76 Å². The van der Waals surface area contributed by atoms with E-state index in [9.17, 15) is 14.7 Å². The SMILES string of the molecule is CCCCOc1ccc(C2C(=C(O)c3ccc(C)cc3)C(=O)C(=O)N2c2nnc(SCc3ccccc3)s2)cc1OCC. The van der Waals surface area contributed by atoms with Gasteiger partial charge in [-0.05, 0) is 43.5 Å². The summed E-state index contributed by atoms with van der Waals surface area (Å²) in [5.41, 5.74) is 3.13. The summed E-state index contributed by atoms with van der Waals surface area (Å²) in [4.78, 5) is 28.6. The highest BCUT2D eigenvalue weighted by molar-refractivity contribution is 8.00. The smallest absolute Gasteiger partial charge is 0.301 e. The first-order chi connectivity index (χ1) is 20.9. The number of aromatic nitrogens is 2. The van der Waals surface area contributed by atoms with Crippen molar-refractivity contribution in [1.29, 1.82) is 0 Å². The molecule has 1 saturated heterocycles. The Morgan fingerprint density at radius 1 is 0.977 bits per heavy atom. The molecule has 1 N–H and O–H groups in total. The molecule has 2 heterocycles. The Morgan fingerprint density at radius 3 is 2.47 bits per heavy atom. The third-order valence-corrected chi connectivity index (χ3v) is 9.04. The van der Waals surface area contributed by atoms with Crippen LogP contribution >= 0.6 is 23.1 Å². The molecule has 1 unspecified atom stereocenters. The summed E-state index contributed by atoms with van der Waals surface area (Å²) in [5.74, 6) is -0.0788. The van der Waals surface area contributed by atoms with Crippen molar-refractivity contribution >= 4 is 45.7 Å². The Bertz CT molecular complexity index is 1620. The maximum absolute atomic E-state index is 13.6. The van der Waals surface area contributed by atoms with Crippen molar-refractivity contribution < 1.29 is 24.2 Å². The van der Waals surface area contributed by atoms with Crippen LogP contribution in [0.3, 0.4) is 0 Å². The molecule has 0 bridgehead atoms. The molecule has 1 aromatic heterocycles. The number of aryl methyl sites for hydroxylation is 1. The highest BCUT2D eigenvalue weighted by atomic mass is 32.2. The van der Waals surface area contributed by atoms with Crippen LogP contribution in [-0.2, 0) is 15.3 Å². The summed E-state index contributed by atoms with van der Waals surface area (Å²) in [6, 6.07) is 21.5. The van der Waals surface area contributed by atoms with Gasteiger partial charge in [-0.2, -0.15) is 0 Å². The van der Waals surface area contributed by atoms with Gasteiger partial charge < -0.3 is 14.6 Å². The first-order valence-electron chi connectivity index (χ1n) is 14.2. The number of nitrogens with zero attached hydrogens (tertiary/aromatic N) is 3. The maximum atomic E-state index is 13.6. The topological polar surface area (TPSA) is 102 Å². The number of aliphatic hydroxyl groups excluding tert-OH is 1. The Labute approximate surface area is 259 Å². The van der Waals surface area contributed by atoms with E-state index >= 15 is 0 Å². The largest absolute Gasteiger partial charge is 0.507 e. The number of amides is 1. The van der Waals surface area contributed by atoms with Gasteiger partial charge in [0.2, 0.25) is 5.13 Å². The molecular weight excluding hydrogens is 583 g/mol. The van der Waals surface area contributed by atoms with Gasteiger partial charge in [-0.1, -0.05) is 103 Å². The first-order valence-corrected chi connectivity index (χ1v) is 16.0. The second-order valence-corrected chi connectivity index (χ2v) is 12.2. The molecule has 8 nitrogen and oxygen atoms in total. The summed E-state index contributed by atoms with van der Waals surface area (Å²) in [5, 5.41) is 20.4. The quantitative estimate of drug-likeness (QED) is 0.0441. The number of anilines is 1. The third-order valence-electron chi connectivity index (χ3n) is 6.92. The molecule has 1 amide bonds. The van der Waals surface area contributed by atoms with Crippen LogP contribution in [0.2, 0.25) is 0 Å². The Balaban J connectivity index is 1.57. The molecule has 0 spiro atoms. The first kappa shape index (κ1) is 30.3. The molecule has 1 atom stereocenters. The Kier molecular flexibility index (Phi) is 9.79. The van der Waals surface area contributed by atoms with Gasteiger partial charge in [0.05, 0.1) is 24.8 Å². The zero-order valence-corrected chi connectivity index (χ0v) is 25.9. The number of ether oxygens (including phenoxy) is 2. The number of thioether (sulfide) groups is 1. The van der Waals surface area contributed by atoms with Crippen LogP contribution < -0.4 is 14.4 Å². The molecule has 10 heteroatoms. The van der Waals surface area contributed by atoms with Crippen molar-refractivity contribution in [3.63, 3.8) is 0 Å². The number of hydrogen-bond donors (Lipinski definition) is 1. The number of unbranched alkanes of at least 4 members (excludes halogenated alkanes) is 1. The number of rotatable bonds is 12. The molecule has 0 saturated carbocycles. The van der Waals surface area contributed by atoms with Crippen LogP contribution in [0.15, 0.2) is 82.7 Å². The second kappa shape index (κ2) is 13.9. The van der Waals surface area contributed by atoms with Crippen molar-refractivity contribution in [2.75, 3.05) is 18.1 Å². The van der Waals surface area contributed by atoms with E-state index in [1.54, 1.807) is 30.3 Å².